The van der Waals surface area contributed by atoms with E-state index in [2.05, 4.69) is 4.98 Å². The standard InChI is InChI=1S/C10H16N2O3S/c1-3-16(13,14)8-4-5-10(12-6-8)9(11)7-15-2/h4-6,9H,3,7,11H2,1-2H3/t9-/m0/s1. The van der Waals surface area contributed by atoms with E-state index in [4.69, 9.17) is 10.5 Å². The van der Waals surface area contributed by atoms with Crippen LogP contribution in [0.2, 0.25) is 0 Å². The van der Waals surface area contributed by atoms with Crippen LogP contribution in [-0.4, -0.2) is 32.9 Å². The minimum absolute atomic E-state index is 0.0676. The molecule has 1 atom stereocenters. The van der Waals surface area contributed by atoms with Crippen molar-refractivity contribution in [2.24, 2.45) is 5.73 Å². The second-order valence-electron chi connectivity index (χ2n) is 3.38. The number of ether oxygens (including phenoxy) is 1. The predicted molar refractivity (Wildman–Crippen MR) is 60.8 cm³/mol. The summed E-state index contributed by atoms with van der Waals surface area (Å²) >= 11 is 0. The van der Waals surface area contributed by atoms with Crippen LogP contribution in [-0.2, 0) is 14.6 Å². The van der Waals surface area contributed by atoms with Crippen LogP contribution in [0.25, 0.3) is 0 Å². The molecule has 0 aliphatic heterocycles. The zero-order valence-electron chi connectivity index (χ0n) is 9.38. The van der Waals surface area contributed by atoms with Crippen molar-refractivity contribution >= 4 is 9.84 Å². The number of nitrogens with zero attached hydrogens (tertiary/aromatic N) is 1. The Hall–Kier alpha value is -0.980. The first-order chi connectivity index (χ1) is 7.51. The number of hydrogen-bond donors (Lipinski definition) is 1. The van der Waals surface area contributed by atoms with Gasteiger partial charge in [-0.25, -0.2) is 8.42 Å². The third-order valence-corrected chi connectivity index (χ3v) is 3.94. The summed E-state index contributed by atoms with van der Waals surface area (Å²) in [5.74, 6) is 0.0676. The molecule has 90 valence electrons. The molecule has 0 aliphatic rings. The molecule has 0 aromatic carbocycles. The molecule has 1 aromatic rings. The lowest BCUT2D eigenvalue weighted by atomic mass is 10.2. The van der Waals surface area contributed by atoms with E-state index >= 15 is 0 Å². The summed E-state index contributed by atoms with van der Waals surface area (Å²) in [7, 11) is -1.64. The van der Waals surface area contributed by atoms with Crippen LogP contribution < -0.4 is 5.73 Å². The summed E-state index contributed by atoms with van der Waals surface area (Å²) in [6.45, 7) is 1.95. The van der Waals surface area contributed by atoms with Crippen molar-refractivity contribution in [1.82, 2.24) is 4.98 Å². The Morgan fingerprint density at radius 2 is 2.19 bits per heavy atom. The number of sulfone groups is 1. The van der Waals surface area contributed by atoms with Gasteiger partial charge in [0.2, 0.25) is 0 Å². The Morgan fingerprint density at radius 3 is 2.62 bits per heavy atom. The molecular formula is C10H16N2O3S. The number of hydrogen-bond acceptors (Lipinski definition) is 5. The molecule has 0 aliphatic carbocycles. The van der Waals surface area contributed by atoms with E-state index in [1.54, 1.807) is 20.1 Å². The number of methoxy groups -OCH3 is 1. The SMILES string of the molecule is CCS(=O)(=O)c1ccc([C@@H](N)COC)nc1. The third kappa shape index (κ3) is 3.01. The van der Waals surface area contributed by atoms with Crippen LogP contribution in [0, 0.1) is 0 Å². The fraction of sp³-hybridized carbons (Fsp3) is 0.500. The molecule has 1 rings (SSSR count). The van der Waals surface area contributed by atoms with Crippen LogP contribution in [0.3, 0.4) is 0 Å². The monoisotopic (exact) mass is 244 g/mol. The Morgan fingerprint density at radius 1 is 1.50 bits per heavy atom. The topological polar surface area (TPSA) is 82.3 Å². The van der Waals surface area contributed by atoms with E-state index in [1.165, 1.54) is 12.3 Å². The maximum absolute atomic E-state index is 11.5. The molecule has 0 fully saturated rings. The van der Waals surface area contributed by atoms with Crippen molar-refractivity contribution in [3.05, 3.63) is 24.0 Å². The molecule has 5 nitrogen and oxygen atoms in total. The van der Waals surface area contributed by atoms with Crippen LogP contribution in [0.4, 0.5) is 0 Å². The Balaban J connectivity index is 2.91. The summed E-state index contributed by atoms with van der Waals surface area (Å²) in [4.78, 5) is 4.25. The van der Waals surface area contributed by atoms with E-state index in [0.29, 0.717) is 12.3 Å². The largest absolute Gasteiger partial charge is 0.383 e. The molecule has 0 unspecified atom stereocenters. The second kappa shape index (κ2) is 5.38. The first kappa shape index (κ1) is 13.1. The molecule has 0 radical (unpaired) electrons. The summed E-state index contributed by atoms with van der Waals surface area (Å²) in [6, 6.07) is 2.81. The summed E-state index contributed by atoms with van der Waals surface area (Å²) in [5.41, 5.74) is 6.38. The summed E-state index contributed by atoms with van der Waals surface area (Å²) in [6.07, 6.45) is 1.34. The van der Waals surface area contributed by atoms with E-state index in [1.807, 2.05) is 0 Å². The Labute approximate surface area is 95.6 Å². The molecule has 0 amide bonds. The minimum atomic E-state index is -3.19. The lowest BCUT2D eigenvalue weighted by Gasteiger charge is -2.10. The maximum Gasteiger partial charge on any atom is 0.179 e. The van der Waals surface area contributed by atoms with Crippen LogP contribution in [0.1, 0.15) is 18.7 Å². The fourth-order valence-electron chi connectivity index (χ4n) is 1.23. The smallest absolute Gasteiger partial charge is 0.179 e. The molecule has 2 N–H and O–H groups in total. The van der Waals surface area contributed by atoms with Gasteiger partial charge in [0.15, 0.2) is 9.84 Å². The lowest BCUT2D eigenvalue weighted by Crippen LogP contribution is -2.17. The zero-order chi connectivity index (χ0) is 12.2. The van der Waals surface area contributed by atoms with Crippen molar-refractivity contribution in [1.29, 1.82) is 0 Å². The normalized spacial score (nSPS) is 13.7. The van der Waals surface area contributed by atoms with Gasteiger partial charge in [-0.15, -0.1) is 0 Å². The van der Waals surface area contributed by atoms with Gasteiger partial charge in [0, 0.05) is 13.3 Å². The molecule has 0 spiro atoms. The summed E-state index contributed by atoms with van der Waals surface area (Å²) < 4.78 is 27.9. The third-order valence-electron chi connectivity index (χ3n) is 2.22. The average Bonchev–Trinajstić information content (AvgIpc) is 2.29. The number of rotatable bonds is 5. The molecule has 0 saturated heterocycles. The molecule has 0 bridgehead atoms. The highest BCUT2D eigenvalue weighted by Gasteiger charge is 2.13. The highest BCUT2D eigenvalue weighted by Crippen LogP contribution is 2.13. The Kier molecular flexibility index (Phi) is 4.40. The van der Waals surface area contributed by atoms with Gasteiger partial charge >= 0.3 is 0 Å². The van der Waals surface area contributed by atoms with Gasteiger partial charge in [-0.3, -0.25) is 4.98 Å². The maximum atomic E-state index is 11.5. The molecule has 6 heteroatoms. The van der Waals surface area contributed by atoms with Gasteiger partial charge in [-0.2, -0.15) is 0 Å². The van der Waals surface area contributed by atoms with Crippen molar-refractivity contribution in [2.75, 3.05) is 19.5 Å². The van der Waals surface area contributed by atoms with Crippen molar-refractivity contribution < 1.29 is 13.2 Å². The van der Waals surface area contributed by atoms with Gasteiger partial charge in [-0.1, -0.05) is 6.92 Å². The second-order valence-corrected chi connectivity index (χ2v) is 5.66. The van der Waals surface area contributed by atoms with Crippen molar-refractivity contribution in [3.8, 4) is 0 Å². The van der Waals surface area contributed by atoms with Crippen LogP contribution in [0.15, 0.2) is 23.2 Å². The molecule has 1 heterocycles. The summed E-state index contributed by atoms with van der Waals surface area (Å²) in [5, 5.41) is 0. The van der Waals surface area contributed by atoms with E-state index < -0.39 is 9.84 Å². The van der Waals surface area contributed by atoms with Gasteiger partial charge in [0.25, 0.3) is 0 Å². The first-order valence-corrected chi connectivity index (χ1v) is 6.59. The van der Waals surface area contributed by atoms with E-state index in [9.17, 15) is 8.42 Å². The van der Waals surface area contributed by atoms with E-state index in [0.717, 1.165) is 0 Å². The number of aromatic nitrogens is 1. The van der Waals surface area contributed by atoms with Crippen LogP contribution >= 0.6 is 0 Å². The van der Waals surface area contributed by atoms with Gasteiger partial charge in [-0.05, 0) is 12.1 Å². The van der Waals surface area contributed by atoms with Gasteiger partial charge in [0.05, 0.1) is 29.0 Å². The fourth-order valence-corrected chi connectivity index (χ4v) is 2.05. The van der Waals surface area contributed by atoms with Crippen molar-refractivity contribution in [2.45, 2.75) is 17.9 Å². The quantitative estimate of drug-likeness (QED) is 0.816. The zero-order valence-corrected chi connectivity index (χ0v) is 10.2. The first-order valence-electron chi connectivity index (χ1n) is 4.94. The molecule has 1 aromatic heterocycles. The Bertz CT molecular complexity index is 428. The van der Waals surface area contributed by atoms with Gasteiger partial charge in [0.1, 0.15) is 0 Å². The minimum Gasteiger partial charge on any atom is -0.383 e. The highest BCUT2D eigenvalue weighted by molar-refractivity contribution is 7.91. The number of pyridine rings is 1. The van der Waals surface area contributed by atoms with Gasteiger partial charge < -0.3 is 10.5 Å². The molecule has 0 saturated carbocycles. The molecule has 16 heavy (non-hydrogen) atoms. The van der Waals surface area contributed by atoms with Crippen molar-refractivity contribution in [3.63, 3.8) is 0 Å². The lowest BCUT2D eigenvalue weighted by molar-refractivity contribution is 0.179. The predicted octanol–water partition coefficient (Wildman–Crippen LogP) is 0.521. The average molecular weight is 244 g/mol. The van der Waals surface area contributed by atoms with Crippen LogP contribution in [0.5, 0.6) is 0 Å². The van der Waals surface area contributed by atoms with E-state index in [-0.39, 0.29) is 16.7 Å². The highest BCUT2D eigenvalue weighted by atomic mass is 32.2. The molecular weight excluding hydrogens is 228 g/mol. The number of nitrogens with two attached hydrogens (primary N) is 1.